The van der Waals surface area contributed by atoms with E-state index in [1.165, 1.54) is 0 Å². The van der Waals surface area contributed by atoms with Gasteiger partial charge in [-0.1, -0.05) is 12.1 Å². The van der Waals surface area contributed by atoms with E-state index in [2.05, 4.69) is 20.6 Å². The summed E-state index contributed by atoms with van der Waals surface area (Å²) in [7, 11) is 3.51. The van der Waals surface area contributed by atoms with Crippen molar-refractivity contribution in [3.05, 3.63) is 48.1 Å². The van der Waals surface area contributed by atoms with Gasteiger partial charge in [-0.15, -0.1) is 10.2 Å². The second kappa shape index (κ2) is 6.40. The maximum atomic E-state index is 5.67. The van der Waals surface area contributed by atoms with E-state index in [9.17, 15) is 0 Å². The number of rotatable bonds is 6. The minimum Gasteiger partial charge on any atom is -0.496 e. The Morgan fingerprint density at radius 1 is 1.23 bits per heavy atom. The van der Waals surface area contributed by atoms with Crippen molar-refractivity contribution >= 4 is 0 Å². The van der Waals surface area contributed by atoms with Crippen molar-refractivity contribution in [3.8, 4) is 17.2 Å². The van der Waals surface area contributed by atoms with Crippen LogP contribution in [0.1, 0.15) is 11.5 Å². The topological polar surface area (TPSA) is 78.0 Å². The molecule has 0 spiro atoms. The summed E-state index contributed by atoms with van der Waals surface area (Å²) in [5.74, 6) is 1.70. The van der Waals surface area contributed by atoms with Crippen LogP contribution < -0.4 is 10.1 Å². The van der Waals surface area contributed by atoms with Crippen LogP contribution in [0.4, 0.5) is 0 Å². The van der Waals surface area contributed by atoms with E-state index in [-0.39, 0.29) is 0 Å². The number of aryl methyl sites for hydroxylation is 1. The van der Waals surface area contributed by atoms with Crippen molar-refractivity contribution in [1.29, 1.82) is 0 Å². The van der Waals surface area contributed by atoms with Crippen molar-refractivity contribution in [2.75, 3.05) is 7.11 Å². The molecule has 0 unspecified atom stereocenters. The first-order chi connectivity index (χ1) is 10.8. The first kappa shape index (κ1) is 14.3. The normalized spacial score (nSPS) is 10.8. The highest BCUT2D eigenvalue weighted by Gasteiger charge is 2.12. The Morgan fingerprint density at radius 2 is 2.09 bits per heavy atom. The molecule has 0 radical (unpaired) electrons. The molecular weight excluding hydrogens is 282 g/mol. The maximum Gasteiger partial charge on any atom is 0.251 e. The van der Waals surface area contributed by atoms with Gasteiger partial charge in [-0.05, 0) is 12.1 Å². The lowest BCUT2D eigenvalue weighted by Crippen LogP contribution is -2.12. The summed E-state index contributed by atoms with van der Waals surface area (Å²) < 4.78 is 12.7. The Bertz CT molecular complexity index is 750. The van der Waals surface area contributed by atoms with Gasteiger partial charge in [-0.3, -0.25) is 4.68 Å². The zero-order valence-electron chi connectivity index (χ0n) is 12.5. The van der Waals surface area contributed by atoms with Gasteiger partial charge in [-0.25, -0.2) is 0 Å². The number of methoxy groups -OCH3 is 1. The maximum absolute atomic E-state index is 5.67. The first-order valence-corrected chi connectivity index (χ1v) is 6.90. The number of benzene rings is 1. The number of hydrogen-bond acceptors (Lipinski definition) is 6. The average Bonchev–Trinajstić information content (AvgIpc) is 3.17. The molecule has 0 aliphatic carbocycles. The molecule has 0 saturated heterocycles. The predicted octanol–water partition coefficient (Wildman–Crippen LogP) is 1.77. The Balaban J connectivity index is 1.64. The fourth-order valence-corrected chi connectivity index (χ4v) is 2.13. The van der Waals surface area contributed by atoms with Crippen molar-refractivity contribution in [2.24, 2.45) is 7.05 Å². The Hall–Kier alpha value is -2.67. The van der Waals surface area contributed by atoms with Gasteiger partial charge >= 0.3 is 0 Å². The molecule has 0 amide bonds. The summed E-state index contributed by atoms with van der Waals surface area (Å²) in [5.41, 5.74) is 1.89. The lowest BCUT2D eigenvalue weighted by Gasteiger charge is -2.03. The molecule has 7 nitrogen and oxygen atoms in total. The Kier molecular flexibility index (Phi) is 4.15. The van der Waals surface area contributed by atoms with Crippen LogP contribution in [-0.2, 0) is 20.1 Å². The molecular formula is C15H17N5O2. The molecule has 22 heavy (non-hydrogen) atoms. The summed E-state index contributed by atoms with van der Waals surface area (Å²) in [6.45, 7) is 1.19. The molecule has 114 valence electrons. The molecule has 0 saturated carbocycles. The number of nitrogens with one attached hydrogen (secondary N) is 1. The van der Waals surface area contributed by atoms with E-state index >= 15 is 0 Å². The minimum absolute atomic E-state index is 0.454. The number of aromatic nitrogens is 4. The van der Waals surface area contributed by atoms with Crippen molar-refractivity contribution in [3.63, 3.8) is 0 Å². The molecule has 7 heteroatoms. The van der Waals surface area contributed by atoms with E-state index in [0.29, 0.717) is 30.6 Å². The van der Waals surface area contributed by atoms with E-state index in [4.69, 9.17) is 9.15 Å². The van der Waals surface area contributed by atoms with Crippen LogP contribution in [0, 0.1) is 0 Å². The quantitative estimate of drug-likeness (QED) is 0.747. The summed E-state index contributed by atoms with van der Waals surface area (Å²) in [6.07, 6.45) is 3.78. The molecule has 0 fully saturated rings. The summed E-state index contributed by atoms with van der Waals surface area (Å²) >= 11 is 0. The summed E-state index contributed by atoms with van der Waals surface area (Å²) in [6, 6.07) is 7.55. The molecule has 2 aromatic heterocycles. The SMILES string of the molecule is COc1ccccc1-c1nnc(CNCc2cnn(C)c2)o1. The van der Waals surface area contributed by atoms with Crippen LogP contribution in [0.3, 0.4) is 0 Å². The fourth-order valence-electron chi connectivity index (χ4n) is 2.13. The van der Waals surface area contributed by atoms with Crippen molar-refractivity contribution in [1.82, 2.24) is 25.3 Å². The van der Waals surface area contributed by atoms with E-state index < -0.39 is 0 Å². The number of hydrogen-bond donors (Lipinski definition) is 1. The van der Waals surface area contributed by atoms with Gasteiger partial charge < -0.3 is 14.5 Å². The van der Waals surface area contributed by atoms with Crippen LogP contribution in [0.2, 0.25) is 0 Å². The smallest absolute Gasteiger partial charge is 0.251 e. The highest BCUT2D eigenvalue weighted by atomic mass is 16.5. The predicted molar refractivity (Wildman–Crippen MR) is 80.0 cm³/mol. The third kappa shape index (κ3) is 3.15. The zero-order valence-corrected chi connectivity index (χ0v) is 12.5. The zero-order chi connectivity index (χ0) is 15.4. The highest BCUT2D eigenvalue weighted by molar-refractivity contribution is 5.62. The molecule has 0 atom stereocenters. The first-order valence-electron chi connectivity index (χ1n) is 6.90. The van der Waals surface area contributed by atoms with Crippen molar-refractivity contribution in [2.45, 2.75) is 13.1 Å². The molecule has 3 rings (SSSR count). The standard InChI is InChI=1S/C15H17N5O2/c1-20-10-11(8-17-20)7-16-9-14-18-19-15(22-14)12-5-3-4-6-13(12)21-2/h3-6,8,10,16H,7,9H2,1-2H3. The highest BCUT2D eigenvalue weighted by Crippen LogP contribution is 2.28. The van der Waals surface area contributed by atoms with E-state index in [0.717, 1.165) is 11.1 Å². The van der Waals surface area contributed by atoms with Gasteiger partial charge in [0.25, 0.3) is 5.89 Å². The van der Waals surface area contributed by atoms with Gasteiger partial charge in [0.05, 0.1) is 25.4 Å². The van der Waals surface area contributed by atoms with Gasteiger partial charge in [-0.2, -0.15) is 5.10 Å². The van der Waals surface area contributed by atoms with Gasteiger partial charge in [0.2, 0.25) is 5.89 Å². The molecule has 0 aliphatic heterocycles. The van der Waals surface area contributed by atoms with Crippen LogP contribution >= 0.6 is 0 Å². The van der Waals surface area contributed by atoms with Crippen LogP contribution in [-0.4, -0.2) is 27.1 Å². The molecule has 1 aromatic carbocycles. The van der Waals surface area contributed by atoms with Crippen LogP contribution in [0.5, 0.6) is 5.75 Å². The lowest BCUT2D eigenvalue weighted by molar-refractivity contribution is 0.413. The molecule has 1 N–H and O–H groups in total. The second-order valence-electron chi connectivity index (χ2n) is 4.83. The van der Waals surface area contributed by atoms with Crippen molar-refractivity contribution < 1.29 is 9.15 Å². The third-order valence-corrected chi connectivity index (χ3v) is 3.17. The molecule has 0 aliphatic rings. The number of para-hydroxylation sites is 1. The monoisotopic (exact) mass is 299 g/mol. The summed E-state index contributed by atoms with van der Waals surface area (Å²) in [5, 5.41) is 15.5. The summed E-state index contributed by atoms with van der Waals surface area (Å²) in [4.78, 5) is 0. The minimum atomic E-state index is 0.454. The Morgan fingerprint density at radius 3 is 2.86 bits per heavy atom. The van der Waals surface area contributed by atoms with Crippen LogP contribution in [0.25, 0.3) is 11.5 Å². The third-order valence-electron chi connectivity index (χ3n) is 3.17. The van der Waals surface area contributed by atoms with Crippen LogP contribution in [0.15, 0.2) is 41.1 Å². The number of ether oxygens (including phenoxy) is 1. The van der Waals surface area contributed by atoms with Gasteiger partial charge in [0.1, 0.15) is 5.75 Å². The second-order valence-corrected chi connectivity index (χ2v) is 4.83. The largest absolute Gasteiger partial charge is 0.496 e. The molecule has 2 heterocycles. The van der Waals surface area contributed by atoms with Gasteiger partial charge in [0.15, 0.2) is 0 Å². The Labute approximate surface area is 127 Å². The fraction of sp³-hybridized carbons (Fsp3) is 0.267. The molecule has 0 bridgehead atoms. The molecule has 3 aromatic rings. The number of nitrogens with zero attached hydrogens (tertiary/aromatic N) is 4. The van der Waals surface area contributed by atoms with E-state index in [1.54, 1.807) is 11.8 Å². The lowest BCUT2D eigenvalue weighted by atomic mass is 10.2. The van der Waals surface area contributed by atoms with E-state index in [1.807, 2.05) is 43.7 Å². The average molecular weight is 299 g/mol. The van der Waals surface area contributed by atoms with Gasteiger partial charge in [0, 0.05) is 25.4 Å².